The normalized spacial score (nSPS) is 23.8. The third-order valence-corrected chi connectivity index (χ3v) is 3.48. The Morgan fingerprint density at radius 3 is 2.82 bits per heavy atom. The summed E-state index contributed by atoms with van der Waals surface area (Å²) in [5, 5.41) is 3.55. The van der Waals surface area contributed by atoms with Crippen molar-refractivity contribution >= 4 is 0 Å². The van der Waals surface area contributed by atoms with E-state index in [0.29, 0.717) is 12.0 Å². The molecule has 1 aromatic carbocycles. The first-order valence-corrected chi connectivity index (χ1v) is 6.51. The molecule has 2 unspecified atom stereocenters. The summed E-state index contributed by atoms with van der Waals surface area (Å²) in [5.41, 5.74) is 5.75. The molecule has 1 aromatic rings. The number of para-hydroxylation sites is 1. The van der Waals surface area contributed by atoms with Gasteiger partial charge in [-0.1, -0.05) is 24.6 Å². The summed E-state index contributed by atoms with van der Waals surface area (Å²) in [4.78, 5) is 0. The van der Waals surface area contributed by atoms with Crippen LogP contribution in [0.4, 0.5) is 0 Å². The molecule has 2 atom stereocenters. The largest absolute Gasteiger partial charge is 0.492 e. The summed E-state index contributed by atoms with van der Waals surface area (Å²) in [7, 11) is 0. The fraction of sp³-hybridized carbons (Fsp3) is 0.571. The summed E-state index contributed by atoms with van der Waals surface area (Å²) < 4.78 is 5.64. The van der Waals surface area contributed by atoms with E-state index >= 15 is 0 Å². The summed E-state index contributed by atoms with van der Waals surface area (Å²) >= 11 is 0. The number of nitrogens with two attached hydrogens (primary N) is 1. The number of ether oxygens (including phenoxy) is 1. The summed E-state index contributed by atoms with van der Waals surface area (Å²) in [5.74, 6) is 1.60. The maximum atomic E-state index is 5.75. The number of hydrogen-bond acceptors (Lipinski definition) is 3. The van der Waals surface area contributed by atoms with E-state index in [1.54, 1.807) is 0 Å². The van der Waals surface area contributed by atoms with Crippen LogP contribution < -0.4 is 15.8 Å². The van der Waals surface area contributed by atoms with E-state index in [4.69, 9.17) is 10.5 Å². The third kappa shape index (κ3) is 3.72. The van der Waals surface area contributed by atoms with Gasteiger partial charge in [0.1, 0.15) is 12.4 Å². The van der Waals surface area contributed by atoms with Crippen molar-refractivity contribution in [2.45, 2.75) is 25.3 Å². The maximum Gasteiger partial charge on any atom is 0.119 e. The molecule has 0 aliphatic heterocycles. The molecule has 94 valence electrons. The zero-order valence-corrected chi connectivity index (χ0v) is 10.3. The Balaban J connectivity index is 1.63. The molecule has 1 aliphatic rings. The molecule has 2 rings (SSSR count). The van der Waals surface area contributed by atoms with Crippen molar-refractivity contribution in [2.75, 3.05) is 19.7 Å². The van der Waals surface area contributed by atoms with Crippen molar-refractivity contribution in [2.24, 2.45) is 11.7 Å². The Labute approximate surface area is 103 Å². The van der Waals surface area contributed by atoms with Crippen molar-refractivity contribution in [3.8, 4) is 5.75 Å². The molecule has 0 bridgehead atoms. The van der Waals surface area contributed by atoms with Crippen molar-refractivity contribution in [3.63, 3.8) is 0 Å². The average molecular weight is 234 g/mol. The minimum Gasteiger partial charge on any atom is -0.492 e. The standard InChI is InChI=1S/C14H22N2O/c15-11-12-5-4-8-14(12)16-9-10-17-13-6-2-1-3-7-13/h1-3,6-7,12,14,16H,4-5,8-11,15H2. The number of hydrogen-bond donors (Lipinski definition) is 2. The zero-order valence-electron chi connectivity index (χ0n) is 10.3. The highest BCUT2D eigenvalue weighted by molar-refractivity contribution is 5.20. The van der Waals surface area contributed by atoms with Crippen LogP contribution in [0.5, 0.6) is 5.75 Å². The van der Waals surface area contributed by atoms with Crippen LogP contribution in [-0.2, 0) is 0 Å². The molecule has 0 aromatic heterocycles. The highest BCUT2D eigenvalue weighted by Crippen LogP contribution is 2.24. The van der Waals surface area contributed by atoms with E-state index < -0.39 is 0 Å². The predicted octanol–water partition coefficient (Wildman–Crippen LogP) is 1.78. The SMILES string of the molecule is NCC1CCCC1NCCOc1ccccc1. The van der Waals surface area contributed by atoms with Gasteiger partial charge < -0.3 is 15.8 Å². The summed E-state index contributed by atoms with van der Waals surface area (Å²) in [6, 6.07) is 10.5. The predicted molar refractivity (Wildman–Crippen MR) is 70.1 cm³/mol. The summed E-state index contributed by atoms with van der Waals surface area (Å²) in [6.45, 7) is 2.42. The van der Waals surface area contributed by atoms with E-state index in [1.165, 1.54) is 19.3 Å². The van der Waals surface area contributed by atoms with Crippen LogP contribution in [0.2, 0.25) is 0 Å². The van der Waals surface area contributed by atoms with Gasteiger partial charge in [-0.3, -0.25) is 0 Å². The van der Waals surface area contributed by atoms with E-state index in [0.717, 1.165) is 25.4 Å². The molecular weight excluding hydrogens is 212 g/mol. The van der Waals surface area contributed by atoms with Crippen LogP contribution in [0.3, 0.4) is 0 Å². The maximum absolute atomic E-state index is 5.75. The molecule has 3 nitrogen and oxygen atoms in total. The second-order valence-electron chi connectivity index (χ2n) is 4.65. The van der Waals surface area contributed by atoms with Gasteiger partial charge in [0.25, 0.3) is 0 Å². The first-order valence-electron chi connectivity index (χ1n) is 6.51. The van der Waals surface area contributed by atoms with Crippen molar-refractivity contribution in [1.82, 2.24) is 5.32 Å². The molecular formula is C14H22N2O. The fourth-order valence-electron chi connectivity index (χ4n) is 2.52. The van der Waals surface area contributed by atoms with Crippen molar-refractivity contribution < 1.29 is 4.74 Å². The van der Waals surface area contributed by atoms with Crippen LogP contribution in [-0.4, -0.2) is 25.7 Å². The number of nitrogens with one attached hydrogen (secondary N) is 1. The zero-order chi connectivity index (χ0) is 11.9. The smallest absolute Gasteiger partial charge is 0.119 e. The van der Waals surface area contributed by atoms with E-state index in [1.807, 2.05) is 30.3 Å². The van der Waals surface area contributed by atoms with Crippen LogP contribution >= 0.6 is 0 Å². The molecule has 0 heterocycles. The molecule has 1 aliphatic carbocycles. The van der Waals surface area contributed by atoms with Gasteiger partial charge in [0, 0.05) is 12.6 Å². The average Bonchev–Trinajstić information content (AvgIpc) is 2.83. The monoisotopic (exact) mass is 234 g/mol. The highest BCUT2D eigenvalue weighted by Gasteiger charge is 2.24. The lowest BCUT2D eigenvalue weighted by Gasteiger charge is -2.19. The van der Waals surface area contributed by atoms with Gasteiger partial charge in [0.2, 0.25) is 0 Å². The number of benzene rings is 1. The van der Waals surface area contributed by atoms with Crippen LogP contribution in [0, 0.1) is 5.92 Å². The molecule has 0 radical (unpaired) electrons. The van der Waals surface area contributed by atoms with Crippen molar-refractivity contribution in [1.29, 1.82) is 0 Å². The number of rotatable bonds is 6. The second-order valence-corrected chi connectivity index (χ2v) is 4.65. The van der Waals surface area contributed by atoms with Crippen LogP contribution in [0.15, 0.2) is 30.3 Å². The quantitative estimate of drug-likeness (QED) is 0.738. The van der Waals surface area contributed by atoms with E-state index in [-0.39, 0.29) is 0 Å². The molecule has 17 heavy (non-hydrogen) atoms. The Kier molecular flexibility index (Phi) is 4.83. The van der Waals surface area contributed by atoms with Gasteiger partial charge in [-0.2, -0.15) is 0 Å². The van der Waals surface area contributed by atoms with Gasteiger partial charge >= 0.3 is 0 Å². The van der Waals surface area contributed by atoms with Crippen LogP contribution in [0.25, 0.3) is 0 Å². The minimum atomic E-state index is 0.597. The Hall–Kier alpha value is -1.06. The van der Waals surface area contributed by atoms with E-state index in [2.05, 4.69) is 5.32 Å². The van der Waals surface area contributed by atoms with E-state index in [9.17, 15) is 0 Å². The first kappa shape index (κ1) is 12.4. The topological polar surface area (TPSA) is 47.3 Å². The molecule has 3 N–H and O–H groups in total. The highest BCUT2D eigenvalue weighted by atomic mass is 16.5. The lowest BCUT2D eigenvalue weighted by Crippen LogP contribution is -2.38. The van der Waals surface area contributed by atoms with Gasteiger partial charge in [0.05, 0.1) is 0 Å². The van der Waals surface area contributed by atoms with Gasteiger partial charge in [-0.05, 0) is 37.4 Å². The Bertz CT molecular complexity index is 315. The molecule has 0 spiro atoms. The molecule has 0 amide bonds. The molecule has 0 saturated heterocycles. The lowest BCUT2D eigenvalue weighted by atomic mass is 10.0. The van der Waals surface area contributed by atoms with Crippen LogP contribution in [0.1, 0.15) is 19.3 Å². The Morgan fingerprint density at radius 2 is 2.06 bits per heavy atom. The third-order valence-electron chi connectivity index (χ3n) is 3.48. The van der Waals surface area contributed by atoms with Gasteiger partial charge in [-0.25, -0.2) is 0 Å². The first-order chi connectivity index (χ1) is 8.40. The second kappa shape index (κ2) is 6.62. The Morgan fingerprint density at radius 1 is 1.24 bits per heavy atom. The van der Waals surface area contributed by atoms with Crippen molar-refractivity contribution in [3.05, 3.63) is 30.3 Å². The minimum absolute atomic E-state index is 0.597. The summed E-state index contributed by atoms with van der Waals surface area (Å²) in [6.07, 6.45) is 3.83. The molecule has 1 saturated carbocycles. The molecule has 1 fully saturated rings. The van der Waals surface area contributed by atoms with Gasteiger partial charge in [0.15, 0.2) is 0 Å². The molecule has 3 heteroatoms. The van der Waals surface area contributed by atoms with Gasteiger partial charge in [-0.15, -0.1) is 0 Å². The lowest BCUT2D eigenvalue weighted by molar-refractivity contribution is 0.294. The fourth-order valence-corrected chi connectivity index (χ4v) is 2.52.